The minimum atomic E-state index is -3.82. The third kappa shape index (κ3) is 2.64. The van der Waals surface area contributed by atoms with E-state index in [0.29, 0.717) is 23.0 Å². The molecule has 0 spiro atoms. The van der Waals surface area contributed by atoms with Crippen LogP contribution in [-0.4, -0.2) is 53.4 Å². The first-order valence-corrected chi connectivity index (χ1v) is 10.2. The van der Waals surface area contributed by atoms with Gasteiger partial charge < -0.3 is 4.90 Å². The topological polar surface area (TPSA) is 86.4 Å². The second-order valence-electron chi connectivity index (χ2n) is 6.76. The number of nitrogens with one attached hydrogen (secondary N) is 1. The van der Waals surface area contributed by atoms with Crippen LogP contribution in [0, 0.1) is 13.8 Å². The molecule has 0 aliphatic carbocycles. The van der Waals surface area contributed by atoms with Gasteiger partial charge in [0.05, 0.1) is 24.0 Å². The summed E-state index contributed by atoms with van der Waals surface area (Å²) >= 11 is 6.15. The lowest BCUT2D eigenvalue weighted by Gasteiger charge is -2.44. The van der Waals surface area contributed by atoms with Gasteiger partial charge in [0.2, 0.25) is 15.9 Å². The summed E-state index contributed by atoms with van der Waals surface area (Å²) in [5, 5.41) is 7.27. The van der Waals surface area contributed by atoms with Crippen LogP contribution in [0.5, 0.6) is 0 Å². The summed E-state index contributed by atoms with van der Waals surface area (Å²) in [7, 11) is -3.82. The van der Waals surface area contributed by atoms with Crippen LogP contribution >= 0.6 is 11.6 Å². The average molecular weight is 395 g/mol. The van der Waals surface area contributed by atoms with E-state index < -0.39 is 10.0 Å². The SMILES string of the molecule is Cc1n[nH]c(C)c1S(=O)(=O)N1CC(=O)N2CCc3ccc(Cl)cc3C2C1. The van der Waals surface area contributed by atoms with Gasteiger partial charge in [-0.2, -0.15) is 9.40 Å². The Morgan fingerprint density at radius 1 is 1.31 bits per heavy atom. The summed E-state index contributed by atoms with van der Waals surface area (Å²) in [5.74, 6) is -0.186. The van der Waals surface area contributed by atoms with Crippen molar-refractivity contribution in [1.29, 1.82) is 0 Å². The molecule has 0 bridgehead atoms. The molecule has 1 amide bonds. The Kier molecular flexibility index (Phi) is 4.09. The fraction of sp³-hybridized carbons (Fsp3) is 0.412. The first-order chi connectivity index (χ1) is 12.3. The fourth-order valence-electron chi connectivity index (χ4n) is 3.90. The normalized spacial score (nSPS) is 20.8. The van der Waals surface area contributed by atoms with Crippen LogP contribution in [0.15, 0.2) is 23.1 Å². The number of aryl methyl sites for hydroxylation is 2. The Bertz CT molecular complexity index is 982. The number of halogens is 1. The van der Waals surface area contributed by atoms with Crippen LogP contribution in [0.3, 0.4) is 0 Å². The number of hydrogen-bond donors (Lipinski definition) is 1. The summed E-state index contributed by atoms with van der Waals surface area (Å²) in [4.78, 5) is 14.6. The predicted octanol–water partition coefficient (Wildman–Crippen LogP) is 1.81. The van der Waals surface area contributed by atoms with Crippen LogP contribution in [0.4, 0.5) is 0 Å². The van der Waals surface area contributed by atoms with Gasteiger partial charge in [-0.25, -0.2) is 8.42 Å². The van der Waals surface area contributed by atoms with Crippen LogP contribution in [-0.2, 0) is 21.2 Å². The van der Waals surface area contributed by atoms with Crippen molar-refractivity contribution in [3.05, 3.63) is 45.7 Å². The molecule has 2 aromatic rings. The molecule has 138 valence electrons. The second-order valence-corrected chi connectivity index (χ2v) is 9.07. The Morgan fingerprint density at radius 2 is 2.08 bits per heavy atom. The molecule has 1 saturated heterocycles. The van der Waals surface area contributed by atoms with Gasteiger partial charge in [0, 0.05) is 18.1 Å². The van der Waals surface area contributed by atoms with E-state index in [2.05, 4.69) is 10.2 Å². The highest BCUT2D eigenvalue weighted by atomic mass is 35.5. The standard InChI is InChI=1S/C17H19ClN4O3S/c1-10-17(11(2)20-19-10)26(24,25)21-8-15-14-7-13(18)4-3-12(14)5-6-22(15)16(23)9-21/h3-4,7,15H,5-6,8-9H2,1-2H3,(H,19,20). The largest absolute Gasteiger partial charge is 0.333 e. The maximum atomic E-state index is 13.2. The summed E-state index contributed by atoms with van der Waals surface area (Å²) in [5.41, 5.74) is 2.92. The predicted molar refractivity (Wildman–Crippen MR) is 96.4 cm³/mol. The number of aromatic nitrogens is 2. The zero-order valence-corrected chi connectivity index (χ0v) is 16.1. The van der Waals surface area contributed by atoms with Gasteiger partial charge in [0.15, 0.2) is 0 Å². The lowest BCUT2D eigenvalue weighted by Crippen LogP contribution is -2.55. The maximum Gasteiger partial charge on any atom is 0.247 e. The van der Waals surface area contributed by atoms with Crippen molar-refractivity contribution in [3.8, 4) is 0 Å². The van der Waals surface area contributed by atoms with Crippen LogP contribution in [0.1, 0.15) is 28.6 Å². The molecule has 9 heteroatoms. The second kappa shape index (κ2) is 6.07. The molecule has 1 aromatic heterocycles. The Morgan fingerprint density at radius 3 is 2.77 bits per heavy atom. The van der Waals surface area contributed by atoms with Gasteiger partial charge in [-0.15, -0.1) is 0 Å². The molecule has 1 fully saturated rings. The fourth-order valence-corrected chi connectivity index (χ4v) is 5.80. The smallest absolute Gasteiger partial charge is 0.247 e. The van der Waals surface area contributed by atoms with Crippen LogP contribution in [0.25, 0.3) is 0 Å². The molecular weight excluding hydrogens is 376 g/mol. The van der Waals surface area contributed by atoms with Gasteiger partial charge in [-0.05, 0) is 43.5 Å². The first kappa shape index (κ1) is 17.5. The van der Waals surface area contributed by atoms with Crippen molar-refractivity contribution in [2.24, 2.45) is 0 Å². The highest BCUT2D eigenvalue weighted by Gasteiger charge is 2.42. The molecule has 3 heterocycles. The van der Waals surface area contributed by atoms with E-state index in [1.54, 1.807) is 18.7 Å². The number of benzene rings is 1. The van der Waals surface area contributed by atoms with Crippen molar-refractivity contribution in [2.45, 2.75) is 31.2 Å². The molecule has 26 heavy (non-hydrogen) atoms. The third-order valence-corrected chi connectivity index (χ3v) is 7.44. The van der Waals surface area contributed by atoms with Crippen molar-refractivity contribution >= 4 is 27.5 Å². The summed E-state index contributed by atoms with van der Waals surface area (Å²) < 4.78 is 27.6. The van der Waals surface area contributed by atoms with Crippen LogP contribution in [0.2, 0.25) is 5.02 Å². The number of carbonyl (C=O) groups is 1. The molecule has 0 saturated carbocycles. The van der Waals surface area contributed by atoms with Crippen molar-refractivity contribution < 1.29 is 13.2 Å². The number of fused-ring (bicyclic) bond motifs is 3. The number of aromatic amines is 1. The zero-order valence-electron chi connectivity index (χ0n) is 14.5. The van der Waals surface area contributed by atoms with E-state index in [-0.39, 0.29) is 29.9 Å². The number of sulfonamides is 1. The maximum absolute atomic E-state index is 13.2. The minimum Gasteiger partial charge on any atom is -0.333 e. The average Bonchev–Trinajstić information content (AvgIpc) is 2.93. The number of carbonyl (C=O) groups excluding carboxylic acids is 1. The lowest BCUT2D eigenvalue weighted by atomic mass is 9.91. The van der Waals surface area contributed by atoms with E-state index in [9.17, 15) is 13.2 Å². The van der Waals surface area contributed by atoms with E-state index in [1.165, 1.54) is 4.31 Å². The summed E-state index contributed by atoms with van der Waals surface area (Å²) in [6.45, 7) is 3.96. The van der Waals surface area contributed by atoms with Crippen molar-refractivity contribution in [3.63, 3.8) is 0 Å². The first-order valence-electron chi connectivity index (χ1n) is 8.38. The van der Waals surface area contributed by atoms with Gasteiger partial charge in [-0.1, -0.05) is 17.7 Å². The van der Waals surface area contributed by atoms with Gasteiger partial charge >= 0.3 is 0 Å². The molecular formula is C17H19ClN4O3S. The molecule has 7 nitrogen and oxygen atoms in total. The molecule has 1 atom stereocenters. The van der Waals surface area contributed by atoms with E-state index >= 15 is 0 Å². The van der Waals surface area contributed by atoms with Gasteiger partial charge in [-0.3, -0.25) is 9.89 Å². The monoisotopic (exact) mass is 394 g/mol. The van der Waals surface area contributed by atoms with E-state index in [4.69, 9.17) is 11.6 Å². The molecule has 2 aliphatic heterocycles. The number of hydrogen-bond acceptors (Lipinski definition) is 4. The highest BCUT2D eigenvalue weighted by Crippen LogP contribution is 2.36. The number of H-pyrrole nitrogens is 1. The highest BCUT2D eigenvalue weighted by molar-refractivity contribution is 7.89. The molecule has 1 aromatic carbocycles. The molecule has 0 radical (unpaired) electrons. The summed E-state index contributed by atoms with van der Waals surface area (Å²) in [6, 6.07) is 5.30. The molecule has 1 N–H and O–H groups in total. The zero-order chi connectivity index (χ0) is 18.6. The number of rotatable bonds is 2. The van der Waals surface area contributed by atoms with Crippen LogP contribution < -0.4 is 0 Å². The number of nitrogens with zero attached hydrogens (tertiary/aromatic N) is 3. The van der Waals surface area contributed by atoms with E-state index in [1.807, 2.05) is 18.2 Å². The lowest BCUT2D eigenvalue weighted by molar-refractivity contribution is -0.138. The molecule has 1 unspecified atom stereocenters. The van der Waals surface area contributed by atoms with Gasteiger partial charge in [0.25, 0.3) is 0 Å². The summed E-state index contributed by atoms with van der Waals surface area (Å²) in [6.07, 6.45) is 0.751. The quantitative estimate of drug-likeness (QED) is 0.841. The van der Waals surface area contributed by atoms with Crippen molar-refractivity contribution in [1.82, 2.24) is 19.4 Å². The Labute approximate surface area is 157 Å². The number of piperazine rings is 1. The minimum absolute atomic E-state index is 0.154. The van der Waals surface area contributed by atoms with Gasteiger partial charge in [0.1, 0.15) is 4.90 Å². The Hall–Kier alpha value is -1.90. The van der Waals surface area contributed by atoms with Crippen molar-refractivity contribution in [2.75, 3.05) is 19.6 Å². The van der Waals surface area contributed by atoms with E-state index in [0.717, 1.165) is 17.5 Å². The molecule has 2 aliphatic rings. The molecule has 4 rings (SSSR count). The number of amides is 1. The third-order valence-electron chi connectivity index (χ3n) is 5.13. The Balaban J connectivity index is 1.75.